The van der Waals surface area contributed by atoms with Crippen molar-refractivity contribution in [2.24, 2.45) is 0 Å². The third kappa shape index (κ3) is 4.44. The van der Waals surface area contributed by atoms with Crippen molar-refractivity contribution in [2.75, 3.05) is 19.4 Å². The Bertz CT molecular complexity index is 1450. The number of ether oxygens (including phenoxy) is 1. The fourth-order valence-electron chi connectivity index (χ4n) is 4.14. The van der Waals surface area contributed by atoms with Crippen LogP contribution in [-0.4, -0.2) is 45.7 Å². The van der Waals surface area contributed by atoms with Crippen LogP contribution >= 0.6 is 11.8 Å². The zero-order valence-electron chi connectivity index (χ0n) is 19.1. The van der Waals surface area contributed by atoms with Crippen molar-refractivity contribution in [1.82, 2.24) is 14.5 Å². The molecule has 2 amide bonds. The van der Waals surface area contributed by atoms with Crippen LogP contribution in [0.5, 0.6) is 5.75 Å². The van der Waals surface area contributed by atoms with Gasteiger partial charge in [-0.25, -0.2) is 4.98 Å². The second-order valence-electron chi connectivity index (χ2n) is 8.16. The van der Waals surface area contributed by atoms with Crippen LogP contribution < -0.4 is 10.3 Å². The molecule has 1 aromatic heterocycles. The molecular formula is C27H23N3O4S. The molecular weight excluding hydrogens is 462 g/mol. The van der Waals surface area contributed by atoms with Crippen LogP contribution in [-0.2, 0) is 6.54 Å². The minimum atomic E-state index is -0.254. The number of nitrogens with zero attached hydrogens (tertiary/aromatic N) is 3. The Hall–Kier alpha value is -3.91. The van der Waals surface area contributed by atoms with Gasteiger partial charge in [-0.1, -0.05) is 48.2 Å². The molecule has 0 radical (unpaired) electrons. The van der Waals surface area contributed by atoms with E-state index in [4.69, 9.17) is 9.72 Å². The summed E-state index contributed by atoms with van der Waals surface area (Å²) in [6, 6.07) is 21.8. The summed E-state index contributed by atoms with van der Waals surface area (Å²) in [6.45, 7) is 0.692. The van der Waals surface area contributed by atoms with Gasteiger partial charge in [0.15, 0.2) is 5.16 Å². The highest BCUT2D eigenvalue weighted by molar-refractivity contribution is 7.99. The van der Waals surface area contributed by atoms with Gasteiger partial charge in [-0.15, -0.1) is 0 Å². The van der Waals surface area contributed by atoms with Crippen LogP contribution in [0.4, 0.5) is 0 Å². The molecule has 0 saturated heterocycles. The Morgan fingerprint density at radius 1 is 0.857 bits per heavy atom. The summed E-state index contributed by atoms with van der Waals surface area (Å²) >= 11 is 1.45. The molecule has 35 heavy (non-hydrogen) atoms. The fraction of sp³-hybridized carbons (Fsp3) is 0.185. The van der Waals surface area contributed by atoms with Crippen LogP contribution in [0.2, 0.25) is 0 Å². The summed E-state index contributed by atoms with van der Waals surface area (Å²) in [5, 5.41) is 1.17. The maximum Gasteiger partial charge on any atom is 0.262 e. The number of carbonyl (C=O) groups excluding carboxylic acids is 2. The molecule has 0 fully saturated rings. The maximum absolute atomic E-state index is 13.3. The van der Waals surface area contributed by atoms with Crippen molar-refractivity contribution in [3.8, 4) is 5.75 Å². The monoisotopic (exact) mass is 485 g/mol. The Balaban J connectivity index is 1.34. The first-order chi connectivity index (χ1) is 17.1. The average Bonchev–Trinajstić information content (AvgIpc) is 3.14. The molecule has 3 aromatic carbocycles. The smallest absolute Gasteiger partial charge is 0.262 e. The van der Waals surface area contributed by atoms with Gasteiger partial charge < -0.3 is 4.74 Å². The number of para-hydroxylation sites is 1. The van der Waals surface area contributed by atoms with Gasteiger partial charge in [0.25, 0.3) is 17.4 Å². The normalized spacial score (nSPS) is 12.9. The number of amides is 2. The second kappa shape index (κ2) is 9.76. The van der Waals surface area contributed by atoms with Crippen molar-refractivity contribution < 1.29 is 14.3 Å². The Morgan fingerprint density at radius 3 is 2.20 bits per heavy atom. The molecule has 0 bridgehead atoms. The Kier molecular flexibility index (Phi) is 6.37. The first-order valence-electron chi connectivity index (χ1n) is 11.3. The summed E-state index contributed by atoms with van der Waals surface area (Å²) in [5.74, 6) is 0.841. The van der Waals surface area contributed by atoms with Crippen molar-refractivity contribution in [3.63, 3.8) is 0 Å². The third-order valence-electron chi connectivity index (χ3n) is 5.96. The molecule has 1 aliphatic heterocycles. The van der Waals surface area contributed by atoms with Crippen LogP contribution in [0.15, 0.2) is 82.7 Å². The molecule has 0 atom stereocenters. The largest absolute Gasteiger partial charge is 0.497 e. The van der Waals surface area contributed by atoms with E-state index in [2.05, 4.69) is 0 Å². The van der Waals surface area contributed by atoms with Gasteiger partial charge in [0.2, 0.25) is 0 Å². The highest BCUT2D eigenvalue weighted by atomic mass is 32.2. The predicted octanol–water partition coefficient (Wildman–Crippen LogP) is 4.23. The summed E-state index contributed by atoms with van der Waals surface area (Å²) in [4.78, 5) is 44.6. The zero-order chi connectivity index (χ0) is 24.4. The molecule has 2 heterocycles. The van der Waals surface area contributed by atoms with E-state index in [0.717, 1.165) is 11.3 Å². The lowest BCUT2D eigenvalue weighted by atomic mass is 10.1. The van der Waals surface area contributed by atoms with Gasteiger partial charge >= 0.3 is 0 Å². The highest BCUT2D eigenvalue weighted by Gasteiger charge is 2.34. The van der Waals surface area contributed by atoms with Crippen LogP contribution in [0.25, 0.3) is 10.9 Å². The lowest BCUT2D eigenvalue weighted by Crippen LogP contribution is -2.31. The fourth-order valence-corrected chi connectivity index (χ4v) is 5.06. The number of rotatable bonds is 8. The molecule has 0 N–H and O–H groups in total. The van der Waals surface area contributed by atoms with E-state index < -0.39 is 0 Å². The van der Waals surface area contributed by atoms with Crippen molar-refractivity contribution in [3.05, 3.63) is 99.8 Å². The van der Waals surface area contributed by atoms with Crippen molar-refractivity contribution in [2.45, 2.75) is 18.1 Å². The summed E-state index contributed by atoms with van der Waals surface area (Å²) in [7, 11) is 1.61. The Labute approximate surface area is 206 Å². The number of methoxy groups -OCH3 is 1. The molecule has 8 heteroatoms. The number of fused-ring (bicyclic) bond motifs is 2. The number of hydrogen-bond acceptors (Lipinski definition) is 6. The minimum Gasteiger partial charge on any atom is -0.497 e. The lowest BCUT2D eigenvalue weighted by molar-refractivity contribution is 0.0655. The van der Waals surface area contributed by atoms with E-state index in [1.165, 1.54) is 16.7 Å². The van der Waals surface area contributed by atoms with Gasteiger partial charge in [0.05, 0.1) is 35.7 Å². The quantitative estimate of drug-likeness (QED) is 0.161. The molecule has 0 saturated carbocycles. The molecule has 7 nitrogen and oxygen atoms in total. The van der Waals surface area contributed by atoms with Crippen LogP contribution in [0, 0.1) is 0 Å². The number of hydrogen-bond donors (Lipinski definition) is 0. The number of thioether (sulfide) groups is 1. The topological polar surface area (TPSA) is 81.5 Å². The molecule has 4 aromatic rings. The first kappa shape index (κ1) is 22.9. The average molecular weight is 486 g/mol. The standard InChI is InChI=1S/C27H23N3O4S/c1-34-19-13-11-18(12-14-19)17-30-26(33)22-9-4-5-10-23(22)28-27(30)35-16-6-15-29-24(31)20-7-2-3-8-21(20)25(29)32/h2-5,7-14H,6,15-17H2,1H3. The molecule has 5 rings (SSSR count). The van der Waals surface area contributed by atoms with Crippen molar-refractivity contribution in [1.29, 1.82) is 0 Å². The van der Waals surface area contributed by atoms with Gasteiger partial charge in [0.1, 0.15) is 5.75 Å². The number of imide groups is 1. The van der Waals surface area contributed by atoms with Crippen molar-refractivity contribution >= 4 is 34.5 Å². The SMILES string of the molecule is COc1ccc(Cn2c(SCCCN3C(=O)c4ccccc4C3=O)nc3ccccc3c2=O)cc1. The van der Waals surface area contributed by atoms with E-state index >= 15 is 0 Å². The van der Waals surface area contributed by atoms with Crippen LogP contribution in [0.1, 0.15) is 32.7 Å². The van der Waals surface area contributed by atoms with E-state index in [1.807, 2.05) is 42.5 Å². The van der Waals surface area contributed by atoms with E-state index in [1.54, 1.807) is 42.0 Å². The Morgan fingerprint density at radius 2 is 1.51 bits per heavy atom. The maximum atomic E-state index is 13.3. The van der Waals surface area contributed by atoms with E-state index in [-0.39, 0.29) is 17.4 Å². The lowest BCUT2D eigenvalue weighted by Gasteiger charge is -2.15. The molecule has 176 valence electrons. The van der Waals surface area contributed by atoms with E-state index in [9.17, 15) is 14.4 Å². The number of carbonyl (C=O) groups is 2. The number of aromatic nitrogens is 2. The molecule has 0 spiro atoms. The predicted molar refractivity (Wildman–Crippen MR) is 135 cm³/mol. The first-order valence-corrected chi connectivity index (χ1v) is 12.3. The number of benzene rings is 3. The van der Waals surface area contributed by atoms with Gasteiger partial charge in [-0.2, -0.15) is 0 Å². The third-order valence-corrected chi connectivity index (χ3v) is 7.02. The van der Waals surface area contributed by atoms with Gasteiger partial charge in [-0.3, -0.25) is 23.9 Å². The van der Waals surface area contributed by atoms with Gasteiger partial charge in [0, 0.05) is 12.3 Å². The molecule has 1 aliphatic rings. The van der Waals surface area contributed by atoms with Crippen LogP contribution in [0.3, 0.4) is 0 Å². The highest BCUT2D eigenvalue weighted by Crippen LogP contribution is 2.24. The zero-order valence-corrected chi connectivity index (χ0v) is 20.0. The summed E-state index contributed by atoms with van der Waals surface area (Å²) in [5.41, 5.74) is 2.41. The minimum absolute atomic E-state index is 0.103. The van der Waals surface area contributed by atoms with Gasteiger partial charge in [-0.05, 0) is 48.4 Å². The van der Waals surface area contributed by atoms with E-state index in [0.29, 0.717) is 52.4 Å². The summed E-state index contributed by atoms with van der Waals surface area (Å²) < 4.78 is 6.91. The summed E-state index contributed by atoms with van der Waals surface area (Å²) in [6.07, 6.45) is 0.585. The molecule has 0 unspecified atom stereocenters. The second-order valence-corrected chi connectivity index (χ2v) is 9.22. The molecule has 0 aliphatic carbocycles.